The Morgan fingerprint density at radius 3 is 2.46 bits per heavy atom. The molecule has 0 amide bonds. The molecule has 0 bridgehead atoms. The predicted octanol–water partition coefficient (Wildman–Crippen LogP) is 5.40. The van der Waals surface area contributed by atoms with Gasteiger partial charge in [0.1, 0.15) is 10.7 Å². The average molecular weight is 597 g/mol. The van der Waals surface area contributed by atoms with Gasteiger partial charge in [-0.1, -0.05) is 30.7 Å². The van der Waals surface area contributed by atoms with Crippen LogP contribution in [-0.2, 0) is 21.2 Å². The third-order valence-electron chi connectivity index (χ3n) is 7.01. The molecule has 4 aromatic rings. The number of nitrogens with one attached hydrogen (secondary N) is 2. The molecule has 2 aromatic heterocycles. The van der Waals surface area contributed by atoms with Crippen LogP contribution in [0.2, 0.25) is 5.02 Å². The SMILES string of the molecule is CCc1cc(-c2ccc(NS(=O)(=O)c3ccccc3Cl)nc2C)cc2cnc(NC3CCC(N)CC3)nc12.O=CO. The van der Waals surface area contributed by atoms with Crippen molar-refractivity contribution in [1.29, 1.82) is 0 Å². The highest BCUT2D eigenvalue weighted by Gasteiger charge is 2.20. The third kappa shape index (κ3) is 7.29. The lowest BCUT2D eigenvalue weighted by atomic mass is 9.92. The van der Waals surface area contributed by atoms with Crippen LogP contribution in [0.3, 0.4) is 0 Å². The molecule has 0 unspecified atom stereocenters. The minimum atomic E-state index is -3.87. The molecule has 216 valence electrons. The number of sulfonamides is 1. The van der Waals surface area contributed by atoms with Crippen molar-refractivity contribution in [3.05, 3.63) is 71.0 Å². The summed E-state index contributed by atoms with van der Waals surface area (Å²) in [6.45, 7) is 3.71. The van der Waals surface area contributed by atoms with Gasteiger partial charge in [-0.25, -0.2) is 23.4 Å². The Labute approximate surface area is 244 Å². The summed E-state index contributed by atoms with van der Waals surface area (Å²) in [5.41, 5.74) is 10.7. The Morgan fingerprint density at radius 1 is 1.10 bits per heavy atom. The van der Waals surface area contributed by atoms with Gasteiger partial charge in [0.25, 0.3) is 16.5 Å². The quantitative estimate of drug-likeness (QED) is 0.205. The van der Waals surface area contributed by atoms with Crippen LogP contribution in [0.5, 0.6) is 0 Å². The summed E-state index contributed by atoms with van der Waals surface area (Å²) >= 11 is 6.09. The van der Waals surface area contributed by atoms with E-state index in [4.69, 9.17) is 32.2 Å². The van der Waals surface area contributed by atoms with E-state index >= 15 is 0 Å². The standard InChI is InChI=1S/C28H31ClN6O2S.CH2O2/c1-3-18-14-19(15-20-16-31-28(34-27(18)20)33-22-10-8-21(30)9-11-22)23-12-13-26(32-17(23)2)35-38(36,37)25-7-5-4-6-24(25)29;2-1-3/h4-7,12-16,21-22H,3,8-11,30H2,1-2H3,(H,32,35)(H,31,33,34);1H,(H,2,3). The van der Waals surface area contributed by atoms with E-state index in [1.165, 1.54) is 12.1 Å². The Morgan fingerprint density at radius 2 is 1.80 bits per heavy atom. The number of benzene rings is 2. The van der Waals surface area contributed by atoms with Crippen LogP contribution in [0, 0.1) is 6.92 Å². The highest BCUT2D eigenvalue weighted by Crippen LogP contribution is 2.31. The molecule has 12 heteroatoms. The molecule has 2 heterocycles. The highest BCUT2D eigenvalue weighted by atomic mass is 35.5. The number of nitrogens with zero attached hydrogens (tertiary/aromatic N) is 3. The Kier molecular flexibility index (Phi) is 9.74. The maximum atomic E-state index is 12.8. The number of fused-ring (bicyclic) bond motifs is 1. The van der Waals surface area contributed by atoms with Gasteiger partial charge >= 0.3 is 0 Å². The van der Waals surface area contributed by atoms with Crippen LogP contribution in [-0.4, -0.2) is 47.0 Å². The number of rotatable bonds is 7. The van der Waals surface area contributed by atoms with E-state index < -0.39 is 10.0 Å². The molecule has 0 atom stereocenters. The number of hydrogen-bond acceptors (Lipinski definition) is 8. The minimum Gasteiger partial charge on any atom is -0.483 e. The Bertz CT molecular complexity index is 1640. The number of pyridine rings is 1. The van der Waals surface area contributed by atoms with E-state index in [0.29, 0.717) is 23.7 Å². The van der Waals surface area contributed by atoms with Gasteiger partial charge in [0.05, 0.1) is 10.5 Å². The van der Waals surface area contributed by atoms with Gasteiger partial charge < -0.3 is 16.2 Å². The number of anilines is 2. The summed E-state index contributed by atoms with van der Waals surface area (Å²) in [6, 6.07) is 14.7. The maximum absolute atomic E-state index is 12.8. The summed E-state index contributed by atoms with van der Waals surface area (Å²) in [6.07, 6.45) is 6.75. The normalized spacial score (nSPS) is 16.9. The number of hydrogen-bond donors (Lipinski definition) is 4. The second-order valence-corrected chi connectivity index (χ2v) is 11.9. The van der Waals surface area contributed by atoms with E-state index in [1.807, 2.05) is 19.2 Å². The first-order valence-electron chi connectivity index (χ1n) is 13.3. The van der Waals surface area contributed by atoms with E-state index in [2.05, 4.69) is 39.1 Å². The van der Waals surface area contributed by atoms with E-state index in [-0.39, 0.29) is 22.2 Å². The zero-order valence-corrected chi connectivity index (χ0v) is 24.4. The van der Waals surface area contributed by atoms with E-state index in [0.717, 1.165) is 59.7 Å². The molecule has 5 N–H and O–H groups in total. The van der Waals surface area contributed by atoms with Crippen LogP contribution in [0.25, 0.3) is 22.0 Å². The van der Waals surface area contributed by atoms with Gasteiger partial charge in [-0.05, 0) is 86.6 Å². The summed E-state index contributed by atoms with van der Waals surface area (Å²) in [4.78, 5) is 22.3. The van der Waals surface area contributed by atoms with Crippen molar-refractivity contribution in [2.45, 2.75) is 62.9 Å². The van der Waals surface area contributed by atoms with Gasteiger partial charge in [0.15, 0.2) is 0 Å². The minimum absolute atomic E-state index is 0.00762. The first-order chi connectivity index (χ1) is 19.6. The number of aromatic nitrogens is 3. The monoisotopic (exact) mass is 596 g/mol. The van der Waals surface area contributed by atoms with Gasteiger partial charge in [-0.2, -0.15) is 0 Å². The molecule has 2 aromatic carbocycles. The van der Waals surface area contributed by atoms with Crippen LogP contribution >= 0.6 is 11.6 Å². The molecule has 5 rings (SSSR count). The number of carbonyl (C=O) groups is 1. The lowest BCUT2D eigenvalue weighted by molar-refractivity contribution is -0.122. The number of carboxylic acid groups (broad SMARTS) is 1. The molecule has 1 saturated carbocycles. The van der Waals surface area contributed by atoms with Crippen LogP contribution < -0.4 is 15.8 Å². The van der Waals surface area contributed by atoms with Crippen molar-refractivity contribution in [3.8, 4) is 11.1 Å². The number of halogens is 1. The molecule has 1 aliphatic carbocycles. The Balaban J connectivity index is 0.00000124. The van der Waals surface area contributed by atoms with Crippen LogP contribution in [0.15, 0.2) is 59.6 Å². The second-order valence-electron chi connectivity index (χ2n) is 9.85. The molecule has 0 aliphatic heterocycles. The molecular weight excluding hydrogens is 564 g/mol. The van der Waals surface area contributed by atoms with Gasteiger partial charge in [0.2, 0.25) is 5.95 Å². The number of aryl methyl sites for hydroxylation is 2. The van der Waals surface area contributed by atoms with Gasteiger partial charge in [-0.15, -0.1) is 0 Å². The molecule has 0 spiro atoms. The first kappa shape index (κ1) is 30.2. The highest BCUT2D eigenvalue weighted by molar-refractivity contribution is 7.92. The zero-order chi connectivity index (χ0) is 29.6. The summed E-state index contributed by atoms with van der Waals surface area (Å²) in [5.74, 6) is 0.874. The Hall–Kier alpha value is -3.80. The zero-order valence-electron chi connectivity index (χ0n) is 22.8. The fourth-order valence-electron chi connectivity index (χ4n) is 4.94. The van der Waals surface area contributed by atoms with Crippen LogP contribution in [0.4, 0.5) is 11.8 Å². The third-order valence-corrected chi connectivity index (χ3v) is 8.86. The topological polar surface area (TPSA) is 160 Å². The van der Waals surface area contributed by atoms with Crippen molar-refractivity contribution < 1.29 is 18.3 Å². The van der Waals surface area contributed by atoms with Crippen molar-refractivity contribution >= 4 is 50.8 Å². The molecule has 1 aliphatic rings. The second kappa shape index (κ2) is 13.2. The molecular formula is C29H33ClN6O4S. The van der Waals surface area contributed by atoms with E-state index in [9.17, 15) is 8.42 Å². The van der Waals surface area contributed by atoms with Crippen molar-refractivity contribution in [2.75, 3.05) is 10.0 Å². The van der Waals surface area contributed by atoms with Crippen LogP contribution in [0.1, 0.15) is 43.9 Å². The fraction of sp³-hybridized carbons (Fsp3) is 0.310. The van der Waals surface area contributed by atoms with Gasteiger partial charge in [0, 0.05) is 34.9 Å². The predicted molar refractivity (Wildman–Crippen MR) is 162 cm³/mol. The molecule has 0 saturated heterocycles. The molecule has 41 heavy (non-hydrogen) atoms. The molecule has 10 nitrogen and oxygen atoms in total. The summed E-state index contributed by atoms with van der Waals surface area (Å²) < 4.78 is 28.2. The van der Waals surface area contributed by atoms with Crippen molar-refractivity contribution in [2.24, 2.45) is 5.73 Å². The smallest absolute Gasteiger partial charge is 0.290 e. The molecule has 1 fully saturated rings. The maximum Gasteiger partial charge on any atom is 0.290 e. The summed E-state index contributed by atoms with van der Waals surface area (Å²) in [5, 5.41) is 11.5. The lowest BCUT2D eigenvalue weighted by Crippen LogP contribution is -2.33. The summed E-state index contributed by atoms with van der Waals surface area (Å²) in [7, 11) is -3.87. The molecule has 0 radical (unpaired) electrons. The number of nitrogens with two attached hydrogens (primary N) is 1. The largest absolute Gasteiger partial charge is 0.483 e. The van der Waals surface area contributed by atoms with Gasteiger partial charge in [-0.3, -0.25) is 9.52 Å². The fourth-order valence-corrected chi connectivity index (χ4v) is 6.46. The lowest BCUT2D eigenvalue weighted by Gasteiger charge is -2.26. The van der Waals surface area contributed by atoms with Crippen molar-refractivity contribution in [3.63, 3.8) is 0 Å². The van der Waals surface area contributed by atoms with Crippen molar-refractivity contribution in [1.82, 2.24) is 15.0 Å². The van der Waals surface area contributed by atoms with E-state index in [1.54, 1.807) is 18.2 Å². The average Bonchev–Trinajstić information content (AvgIpc) is 2.94. The first-order valence-corrected chi connectivity index (χ1v) is 15.2.